The van der Waals surface area contributed by atoms with Crippen LogP contribution in [0.1, 0.15) is 13.3 Å². The quantitative estimate of drug-likeness (QED) is 0.715. The second kappa shape index (κ2) is 2.96. The summed E-state index contributed by atoms with van der Waals surface area (Å²) in [5, 5.41) is 9.76. The summed E-state index contributed by atoms with van der Waals surface area (Å²) in [6, 6.07) is 0. The van der Waals surface area contributed by atoms with Crippen LogP contribution >= 0.6 is 0 Å². The molecule has 1 N–H and O–H groups in total. The molecule has 0 unspecified atom stereocenters. The molecule has 1 aromatic heterocycles. The molecule has 0 spiro atoms. The van der Waals surface area contributed by atoms with Crippen LogP contribution in [0.4, 0.5) is 5.82 Å². The lowest BCUT2D eigenvalue weighted by molar-refractivity contribution is 0.00803. The van der Waals surface area contributed by atoms with Crippen LogP contribution < -0.4 is 4.90 Å². The highest BCUT2D eigenvalue weighted by atomic mass is 16.3. The predicted molar refractivity (Wildman–Crippen MR) is 49.5 cm³/mol. The average molecular weight is 179 g/mol. The maximum Gasteiger partial charge on any atom is 0.147 e. The number of β-amino-alcohol motifs (C(OH)–C–C–N with tert-alkyl or cyclic N) is 1. The molecule has 1 saturated heterocycles. The lowest BCUT2D eigenvalue weighted by Gasteiger charge is -2.46. The first-order valence-corrected chi connectivity index (χ1v) is 4.47. The Morgan fingerprint density at radius 3 is 2.85 bits per heavy atom. The number of aromatic nitrogens is 2. The first kappa shape index (κ1) is 8.44. The Morgan fingerprint density at radius 1 is 1.54 bits per heavy atom. The third-order valence-electron chi connectivity index (χ3n) is 2.50. The molecule has 1 aliphatic heterocycles. The summed E-state index contributed by atoms with van der Waals surface area (Å²) in [7, 11) is 0. The van der Waals surface area contributed by atoms with E-state index in [1.807, 2.05) is 11.8 Å². The minimum atomic E-state index is -0.502. The first-order valence-electron chi connectivity index (χ1n) is 4.47. The van der Waals surface area contributed by atoms with Crippen LogP contribution in [-0.2, 0) is 0 Å². The third-order valence-corrected chi connectivity index (χ3v) is 2.50. The van der Waals surface area contributed by atoms with Gasteiger partial charge in [-0.25, -0.2) is 4.98 Å². The molecule has 2 rings (SSSR count). The van der Waals surface area contributed by atoms with Crippen LogP contribution in [0.5, 0.6) is 0 Å². The molecule has 70 valence electrons. The highest BCUT2D eigenvalue weighted by Crippen LogP contribution is 2.27. The van der Waals surface area contributed by atoms with Crippen molar-refractivity contribution in [2.45, 2.75) is 18.9 Å². The minimum Gasteiger partial charge on any atom is -0.386 e. The van der Waals surface area contributed by atoms with Crippen LogP contribution in [-0.4, -0.2) is 33.8 Å². The monoisotopic (exact) mass is 179 g/mol. The lowest BCUT2D eigenvalue weighted by Crippen LogP contribution is -2.61. The van der Waals surface area contributed by atoms with Crippen molar-refractivity contribution in [2.24, 2.45) is 0 Å². The summed E-state index contributed by atoms with van der Waals surface area (Å²) in [6.07, 6.45) is 5.83. The number of aliphatic hydroxyl groups is 1. The van der Waals surface area contributed by atoms with Gasteiger partial charge in [0.25, 0.3) is 0 Å². The zero-order valence-electron chi connectivity index (χ0n) is 7.64. The van der Waals surface area contributed by atoms with Crippen molar-refractivity contribution in [3.63, 3.8) is 0 Å². The topological polar surface area (TPSA) is 49.2 Å². The molecule has 2 heterocycles. The zero-order valence-corrected chi connectivity index (χ0v) is 7.64. The van der Waals surface area contributed by atoms with E-state index in [1.165, 1.54) is 0 Å². The molecule has 0 aliphatic carbocycles. The van der Waals surface area contributed by atoms with Crippen LogP contribution in [0.15, 0.2) is 18.6 Å². The molecule has 1 aromatic rings. The van der Waals surface area contributed by atoms with Gasteiger partial charge >= 0.3 is 0 Å². The Morgan fingerprint density at radius 2 is 2.31 bits per heavy atom. The van der Waals surface area contributed by atoms with Gasteiger partial charge in [0.1, 0.15) is 5.82 Å². The van der Waals surface area contributed by atoms with Crippen LogP contribution in [0.2, 0.25) is 0 Å². The Labute approximate surface area is 77.2 Å². The van der Waals surface area contributed by atoms with E-state index in [4.69, 9.17) is 0 Å². The van der Waals surface area contributed by atoms with Gasteiger partial charge in [0.15, 0.2) is 0 Å². The summed E-state index contributed by atoms with van der Waals surface area (Å²) in [6.45, 7) is 3.33. The fourth-order valence-corrected chi connectivity index (χ4v) is 1.50. The normalized spacial score (nSPS) is 19.7. The van der Waals surface area contributed by atoms with Gasteiger partial charge in [-0.3, -0.25) is 4.98 Å². The summed E-state index contributed by atoms with van der Waals surface area (Å²) in [4.78, 5) is 10.2. The molecule has 0 aromatic carbocycles. The molecule has 4 nitrogen and oxygen atoms in total. The smallest absolute Gasteiger partial charge is 0.147 e. The van der Waals surface area contributed by atoms with Gasteiger partial charge < -0.3 is 10.0 Å². The van der Waals surface area contributed by atoms with Gasteiger partial charge in [0.05, 0.1) is 24.9 Å². The zero-order chi connectivity index (χ0) is 9.31. The molecule has 13 heavy (non-hydrogen) atoms. The van der Waals surface area contributed by atoms with Gasteiger partial charge in [-0.15, -0.1) is 0 Å². The predicted octanol–water partition coefficient (Wildman–Crippen LogP) is 0.438. The van der Waals surface area contributed by atoms with Crippen LogP contribution in [0.25, 0.3) is 0 Å². The van der Waals surface area contributed by atoms with E-state index in [2.05, 4.69) is 9.97 Å². The first-order chi connectivity index (χ1) is 6.23. The molecule has 0 bridgehead atoms. The van der Waals surface area contributed by atoms with Crippen molar-refractivity contribution in [3.8, 4) is 0 Å². The molecule has 0 radical (unpaired) electrons. The second-order valence-corrected chi connectivity index (χ2v) is 3.50. The van der Waals surface area contributed by atoms with E-state index in [-0.39, 0.29) is 0 Å². The van der Waals surface area contributed by atoms with E-state index in [0.29, 0.717) is 13.1 Å². The lowest BCUT2D eigenvalue weighted by atomic mass is 9.91. The van der Waals surface area contributed by atoms with Gasteiger partial charge in [0, 0.05) is 12.4 Å². The number of rotatable bonds is 2. The van der Waals surface area contributed by atoms with Gasteiger partial charge in [-0.05, 0) is 6.42 Å². The van der Waals surface area contributed by atoms with Crippen molar-refractivity contribution >= 4 is 5.82 Å². The third kappa shape index (κ3) is 1.49. The van der Waals surface area contributed by atoms with Crippen molar-refractivity contribution in [1.29, 1.82) is 0 Å². The van der Waals surface area contributed by atoms with E-state index in [9.17, 15) is 5.11 Å². The highest BCUT2D eigenvalue weighted by molar-refractivity contribution is 5.41. The Kier molecular flexibility index (Phi) is 1.92. The van der Waals surface area contributed by atoms with E-state index in [1.54, 1.807) is 18.6 Å². The molecular formula is C9H13N3O. The fourth-order valence-electron chi connectivity index (χ4n) is 1.50. The second-order valence-electron chi connectivity index (χ2n) is 3.50. The van der Waals surface area contributed by atoms with Gasteiger partial charge in [-0.2, -0.15) is 0 Å². The van der Waals surface area contributed by atoms with E-state index in [0.717, 1.165) is 12.2 Å². The Balaban J connectivity index is 2.01. The fraction of sp³-hybridized carbons (Fsp3) is 0.556. The molecule has 1 fully saturated rings. The minimum absolute atomic E-state index is 0.502. The Hall–Kier alpha value is -1.16. The molecular weight excluding hydrogens is 166 g/mol. The maximum absolute atomic E-state index is 9.76. The summed E-state index contributed by atoms with van der Waals surface area (Å²) < 4.78 is 0. The summed E-state index contributed by atoms with van der Waals surface area (Å²) in [5.74, 6) is 0.848. The van der Waals surface area contributed by atoms with Gasteiger partial charge in [0.2, 0.25) is 0 Å². The molecule has 0 atom stereocenters. The number of nitrogens with zero attached hydrogens (tertiary/aromatic N) is 3. The Bertz CT molecular complexity index is 282. The maximum atomic E-state index is 9.76. The van der Waals surface area contributed by atoms with Crippen molar-refractivity contribution < 1.29 is 5.11 Å². The highest BCUT2D eigenvalue weighted by Gasteiger charge is 2.39. The van der Waals surface area contributed by atoms with E-state index >= 15 is 0 Å². The van der Waals surface area contributed by atoms with E-state index < -0.39 is 5.60 Å². The summed E-state index contributed by atoms with van der Waals surface area (Å²) >= 11 is 0. The van der Waals surface area contributed by atoms with Gasteiger partial charge in [-0.1, -0.05) is 6.92 Å². The molecule has 1 aliphatic rings. The van der Waals surface area contributed by atoms with Crippen LogP contribution in [0.3, 0.4) is 0 Å². The number of anilines is 1. The molecule has 0 amide bonds. The number of hydrogen-bond donors (Lipinski definition) is 1. The van der Waals surface area contributed by atoms with Crippen molar-refractivity contribution in [3.05, 3.63) is 18.6 Å². The largest absolute Gasteiger partial charge is 0.386 e. The molecule has 0 saturated carbocycles. The average Bonchev–Trinajstić information content (AvgIpc) is 2.14. The van der Waals surface area contributed by atoms with Crippen molar-refractivity contribution in [2.75, 3.05) is 18.0 Å². The summed E-state index contributed by atoms with van der Waals surface area (Å²) in [5.41, 5.74) is -0.502. The number of hydrogen-bond acceptors (Lipinski definition) is 4. The SMILES string of the molecule is CCC1(O)CN(c2cnccn2)C1. The van der Waals surface area contributed by atoms with Crippen LogP contribution in [0, 0.1) is 0 Å². The standard InChI is InChI=1S/C9H13N3O/c1-2-9(13)6-12(7-9)8-5-10-3-4-11-8/h3-5,13H,2,6-7H2,1H3. The van der Waals surface area contributed by atoms with Crippen molar-refractivity contribution in [1.82, 2.24) is 9.97 Å². The molecule has 4 heteroatoms.